The third-order valence-electron chi connectivity index (χ3n) is 2.52. The number of esters is 1. The number of aromatic nitrogens is 1. The lowest BCUT2D eigenvalue weighted by atomic mass is 10.2. The van der Waals surface area contributed by atoms with Crippen LogP contribution in [0.3, 0.4) is 0 Å². The Morgan fingerprint density at radius 2 is 2.28 bits per heavy atom. The number of rotatable bonds is 4. The van der Waals surface area contributed by atoms with Gasteiger partial charge < -0.3 is 9.72 Å². The Balaban J connectivity index is 2.45. The van der Waals surface area contributed by atoms with Gasteiger partial charge in [-0.1, -0.05) is 13.0 Å². The van der Waals surface area contributed by atoms with Crippen LogP contribution in [0.25, 0.3) is 10.9 Å². The fourth-order valence-corrected chi connectivity index (χ4v) is 1.75. The molecule has 94 valence electrons. The third-order valence-corrected chi connectivity index (χ3v) is 2.52. The van der Waals surface area contributed by atoms with Crippen molar-refractivity contribution in [3.63, 3.8) is 0 Å². The van der Waals surface area contributed by atoms with Crippen LogP contribution in [0.15, 0.2) is 24.4 Å². The van der Waals surface area contributed by atoms with Gasteiger partial charge in [-0.05, 0) is 12.5 Å². The monoisotopic (exact) mass is 248 g/mol. The fraction of sp³-hybridized carbons (Fsp3) is 0.250. The topological polar surface area (TPSA) is 85.2 Å². The van der Waals surface area contributed by atoms with Gasteiger partial charge in [-0.25, -0.2) is 0 Å². The predicted molar refractivity (Wildman–Crippen MR) is 65.5 cm³/mol. The van der Waals surface area contributed by atoms with Crippen molar-refractivity contribution in [3.05, 3.63) is 34.5 Å². The van der Waals surface area contributed by atoms with Gasteiger partial charge in [0.1, 0.15) is 5.39 Å². The van der Waals surface area contributed by atoms with E-state index in [1.165, 1.54) is 12.3 Å². The molecule has 1 aromatic carbocycles. The van der Waals surface area contributed by atoms with Crippen LogP contribution < -0.4 is 4.74 Å². The van der Waals surface area contributed by atoms with Crippen molar-refractivity contribution in [1.29, 1.82) is 0 Å². The number of benzene rings is 1. The molecule has 0 aliphatic rings. The van der Waals surface area contributed by atoms with Crippen LogP contribution in [0.4, 0.5) is 5.69 Å². The number of carbonyl (C=O) groups is 1. The van der Waals surface area contributed by atoms with Crippen molar-refractivity contribution in [2.45, 2.75) is 19.8 Å². The highest BCUT2D eigenvalue weighted by molar-refractivity contribution is 5.95. The lowest BCUT2D eigenvalue weighted by Crippen LogP contribution is -2.06. The number of carbonyl (C=O) groups excluding carboxylic acids is 1. The zero-order valence-electron chi connectivity index (χ0n) is 9.80. The van der Waals surface area contributed by atoms with Gasteiger partial charge in [-0.2, -0.15) is 0 Å². The van der Waals surface area contributed by atoms with E-state index >= 15 is 0 Å². The standard InChI is InChI=1S/C12H12N2O4/c1-2-4-11(15)18-10-7-13-8-5-3-6-9(12(8)10)14(16)17/h3,5-7,13H,2,4H2,1H3. The summed E-state index contributed by atoms with van der Waals surface area (Å²) < 4.78 is 5.12. The number of nitrogens with one attached hydrogen (secondary N) is 1. The molecule has 0 aliphatic carbocycles. The van der Waals surface area contributed by atoms with E-state index in [4.69, 9.17) is 4.74 Å². The normalized spacial score (nSPS) is 10.5. The first-order valence-electron chi connectivity index (χ1n) is 5.58. The second kappa shape index (κ2) is 4.87. The Labute approximate surface area is 103 Å². The quantitative estimate of drug-likeness (QED) is 0.512. The van der Waals surface area contributed by atoms with Crippen LogP contribution in [-0.4, -0.2) is 15.9 Å². The van der Waals surface area contributed by atoms with Crippen molar-refractivity contribution in [2.24, 2.45) is 0 Å². The van der Waals surface area contributed by atoms with Gasteiger partial charge in [0.25, 0.3) is 5.69 Å². The molecule has 0 bridgehead atoms. The summed E-state index contributed by atoms with van der Waals surface area (Å²) in [5, 5.41) is 11.3. The van der Waals surface area contributed by atoms with Gasteiger partial charge in [-0.15, -0.1) is 0 Å². The number of aromatic amines is 1. The minimum atomic E-state index is -0.493. The molecule has 2 aromatic rings. The molecule has 0 aliphatic heterocycles. The molecule has 1 N–H and O–H groups in total. The van der Waals surface area contributed by atoms with E-state index in [9.17, 15) is 14.9 Å². The number of nitrogens with zero attached hydrogens (tertiary/aromatic N) is 1. The summed E-state index contributed by atoms with van der Waals surface area (Å²) >= 11 is 0. The number of non-ortho nitro benzene ring substituents is 1. The van der Waals surface area contributed by atoms with Crippen LogP contribution in [0.2, 0.25) is 0 Å². The Hall–Kier alpha value is -2.37. The van der Waals surface area contributed by atoms with Crippen LogP contribution >= 0.6 is 0 Å². The van der Waals surface area contributed by atoms with Gasteiger partial charge in [0, 0.05) is 18.7 Å². The van der Waals surface area contributed by atoms with Crippen molar-refractivity contribution in [1.82, 2.24) is 4.98 Å². The molecule has 6 heteroatoms. The Kier molecular flexibility index (Phi) is 3.27. The Bertz CT molecular complexity index is 603. The SMILES string of the molecule is CCCC(=O)Oc1c[nH]c2cccc([N+](=O)[O-])c12. The van der Waals surface area contributed by atoms with E-state index in [1.807, 2.05) is 6.92 Å². The van der Waals surface area contributed by atoms with Gasteiger partial charge >= 0.3 is 5.97 Å². The average molecular weight is 248 g/mol. The Morgan fingerprint density at radius 1 is 1.50 bits per heavy atom. The van der Waals surface area contributed by atoms with Gasteiger partial charge in [0.2, 0.25) is 0 Å². The lowest BCUT2D eigenvalue weighted by molar-refractivity contribution is -0.383. The van der Waals surface area contributed by atoms with Crippen LogP contribution in [0.5, 0.6) is 5.75 Å². The van der Waals surface area contributed by atoms with Gasteiger partial charge in [0.05, 0.1) is 10.4 Å². The number of nitro groups is 1. The zero-order valence-corrected chi connectivity index (χ0v) is 9.80. The Morgan fingerprint density at radius 3 is 2.94 bits per heavy atom. The van der Waals surface area contributed by atoms with E-state index in [1.54, 1.807) is 12.1 Å². The number of fused-ring (bicyclic) bond motifs is 1. The molecule has 18 heavy (non-hydrogen) atoms. The molecule has 0 spiro atoms. The van der Waals surface area contributed by atoms with Crippen LogP contribution in [-0.2, 0) is 4.79 Å². The van der Waals surface area contributed by atoms with Crippen molar-refractivity contribution < 1.29 is 14.5 Å². The van der Waals surface area contributed by atoms with Crippen LogP contribution in [0.1, 0.15) is 19.8 Å². The molecular formula is C12H12N2O4. The first-order chi connectivity index (χ1) is 8.63. The maximum atomic E-state index is 11.4. The number of nitro benzene ring substituents is 1. The third kappa shape index (κ3) is 2.17. The molecule has 0 fully saturated rings. The van der Waals surface area contributed by atoms with Crippen molar-refractivity contribution in [2.75, 3.05) is 0 Å². The summed E-state index contributed by atoms with van der Waals surface area (Å²) in [4.78, 5) is 24.7. The van der Waals surface area contributed by atoms with E-state index in [2.05, 4.69) is 4.98 Å². The molecule has 1 aromatic heterocycles. The predicted octanol–water partition coefficient (Wildman–Crippen LogP) is 2.78. The molecule has 0 atom stereocenters. The summed E-state index contributed by atoms with van der Waals surface area (Å²) in [6.45, 7) is 1.86. The van der Waals surface area contributed by atoms with E-state index in [0.29, 0.717) is 17.3 Å². The summed E-state index contributed by atoms with van der Waals surface area (Å²) in [6, 6.07) is 4.65. The van der Waals surface area contributed by atoms with Gasteiger partial charge in [-0.3, -0.25) is 14.9 Å². The maximum Gasteiger partial charge on any atom is 0.311 e. The second-order valence-corrected chi connectivity index (χ2v) is 3.83. The number of hydrogen-bond donors (Lipinski definition) is 1. The number of H-pyrrole nitrogens is 1. The summed E-state index contributed by atoms with van der Waals surface area (Å²) in [6.07, 6.45) is 2.42. The zero-order chi connectivity index (χ0) is 13.1. The minimum Gasteiger partial charge on any atom is -0.424 e. The molecular weight excluding hydrogens is 236 g/mol. The minimum absolute atomic E-state index is 0.0759. The van der Waals surface area contributed by atoms with Gasteiger partial charge in [0.15, 0.2) is 5.75 Å². The van der Waals surface area contributed by atoms with E-state index in [0.717, 1.165) is 0 Å². The second-order valence-electron chi connectivity index (χ2n) is 3.83. The molecule has 1 heterocycles. The average Bonchev–Trinajstić information content (AvgIpc) is 2.72. The summed E-state index contributed by atoms with van der Waals surface area (Å²) in [5.74, 6) is -0.188. The van der Waals surface area contributed by atoms with Crippen LogP contribution in [0, 0.1) is 10.1 Å². The smallest absolute Gasteiger partial charge is 0.311 e. The highest BCUT2D eigenvalue weighted by atomic mass is 16.6. The van der Waals surface area contributed by atoms with Crippen molar-refractivity contribution in [3.8, 4) is 5.75 Å². The molecule has 0 radical (unpaired) electrons. The first kappa shape index (κ1) is 12.1. The van der Waals surface area contributed by atoms with E-state index < -0.39 is 10.9 Å². The fourth-order valence-electron chi connectivity index (χ4n) is 1.75. The molecule has 0 unspecified atom stereocenters. The molecule has 0 amide bonds. The lowest BCUT2D eigenvalue weighted by Gasteiger charge is -2.01. The molecule has 2 rings (SSSR count). The largest absolute Gasteiger partial charge is 0.424 e. The highest BCUT2D eigenvalue weighted by Gasteiger charge is 2.19. The number of ether oxygens (including phenoxy) is 1. The molecule has 0 saturated heterocycles. The summed E-state index contributed by atoms with van der Waals surface area (Å²) in [7, 11) is 0. The maximum absolute atomic E-state index is 11.4. The highest BCUT2D eigenvalue weighted by Crippen LogP contribution is 2.33. The molecule has 0 saturated carbocycles. The first-order valence-corrected chi connectivity index (χ1v) is 5.58. The number of hydrogen-bond acceptors (Lipinski definition) is 4. The summed E-state index contributed by atoms with van der Waals surface area (Å²) in [5.41, 5.74) is 0.497. The van der Waals surface area contributed by atoms with E-state index in [-0.39, 0.29) is 17.9 Å². The molecule has 6 nitrogen and oxygen atoms in total. The van der Waals surface area contributed by atoms with Crippen molar-refractivity contribution >= 4 is 22.6 Å².